The largest absolute Gasteiger partial charge is 0.490 e. The van der Waals surface area contributed by atoms with Crippen molar-refractivity contribution < 1.29 is 9.84 Å². The van der Waals surface area contributed by atoms with Crippen molar-refractivity contribution in [2.75, 3.05) is 26.2 Å². The molecule has 1 saturated heterocycles. The summed E-state index contributed by atoms with van der Waals surface area (Å²) in [5.41, 5.74) is 1.88. The molecule has 5 nitrogen and oxygen atoms in total. The molecule has 0 spiro atoms. The van der Waals surface area contributed by atoms with Crippen molar-refractivity contribution in [1.82, 2.24) is 15.1 Å². The second kappa shape index (κ2) is 6.74. The first-order valence-electron chi connectivity index (χ1n) is 7.45. The van der Waals surface area contributed by atoms with Crippen molar-refractivity contribution in [1.29, 1.82) is 0 Å². The van der Waals surface area contributed by atoms with Gasteiger partial charge in [-0.1, -0.05) is 12.1 Å². The topological polar surface area (TPSA) is 61.4 Å². The van der Waals surface area contributed by atoms with Crippen LogP contribution in [0.1, 0.15) is 12.8 Å². The molecule has 2 aromatic rings. The first-order valence-corrected chi connectivity index (χ1v) is 7.45. The van der Waals surface area contributed by atoms with E-state index in [9.17, 15) is 5.11 Å². The number of nitrogens with one attached hydrogen (secondary N) is 1. The van der Waals surface area contributed by atoms with Gasteiger partial charge in [0.2, 0.25) is 0 Å². The number of aromatic amines is 1. The van der Waals surface area contributed by atoms with Crippen molar-refractivity contribution in [2.24, 2.45) is 0 Å². The SMILES string of the molecule is O[C@H](COc1ccccc1-c1ccn[nH]1)CN1CCCC1. The zero-order valence-electron chi connectivity index (χ0n) is 12.0. The highest BCUT2D eigenvalue weighted by atomic mass is 16.5. The molecule has 1 aliphatic rings. The average Bonchev–Trinajstić information content (AvgIpc) is 3.18. The third kappa shape index (κ3) is 3.62. The van der Waals surface area contributed by atoms with Gasteiger partial charge in [-0.05, 0) is 44.1 Å². The molecule has 1 fully saturated rings. The highest BCUT2D eigenvalue weighted by molar-refractivity contribution is 5.66. The monoisotopic (exact) mass is 287 g/mol. The fraction of sp³-hybridized carbons (Fsp3) is 0.438. The van der Waals surface area contributed by atoms with Crippen LogP contribution in [0.15, 0.2) is 36.5 Å². The molecule has 21 heavy (non-hydrogen) atoms. The molecule has 2 heterocycles. The lowest BCUT2D eigenvalue weighted by atomic mass is 10.1. The van der Waals surface area contributed by atoms with E-state index in [0.29, 0.717) is 13.2 Å². The summed E-state index contributed by atoms with van der Waals surface area (Å²) in [6, 6.07) is 9.70. The molecule has 3 rings (SSSR count). The van der Waals surface area contributed by atoms with Gasteiger partial charge < -0.3 is 14.7 Å². The zero-order valence-corrected chi connectivity index (χ0v) is 12.0. The normalized spacial score (nSPS) is 17.0. The average molecular weight is 287 g/mol. The van der Waals surface area contributed by atoms with E-state index < -0.39 is 6.10 Å². The number of β-amino-alcohol motifs (C(OH)–C–C–N with tert-alkyl or cyclic N) is 1. The molecule has 0 bridgehead atoms. The Kier molecular flexibility index (Phi) is 4.52. The Hall–Kier alpha value is -1.85. The Morgan fingerprint density at radius 3 is 2.81 bits per heavy atom. The van der Waals surface area contributed by atoms with Gasteiger partial charge in [-0.2, -0.15) is 5.10 Å². The van der Waals surface area contributed by atoms with E-state index in [-0.39, 0.29) is 0 Å². The summed E-state index contributed by atoms with van der Waals surface area (Å²) in [6.45, 7) is 3.16. The molecule has 0 radical (unpaired) electrons. The molecule has 5 heteroatoms. The fourth-order valence-electron chi connectivity index (χ4n) is 2.72. The highest BCUT2D eigenvalue weighted by Crippen LogP contribution is 2.28. The lowest BCUT2D eigenvalue weighted by Crippen LogP contribution is -2.33. The minimum atomic E-state index is -0.460. The van der Waals surface area contributed by atoms with E-state index >= 15 is 0 Å². The summed E-state index contributed by atoms with van der Waals surface area (Å²) in [5.74, 6) is 0.766. The molecule has 0 amide bonds. The molecular formula is C16H21N3O2. The molecule has 112 valence electrons. The number of ether oxygens (including phenoxy) is 1. The standard InChI is InChI=1S/C16H21N3O2/c20-13(11-19-9-3-4-10-19)12-21-16-6-2-1-5-14(16)15-7-8-17-18-15/h1-2,5-8,13,20H,3-4,9-12H2,(H,17,18)/t13-/m0/s1. The lowest BCUT2D eigenvalue weighted by Gasteiger charge is -2.20. The maximum Gasteiger partial charge on any atom is 0.128 e. The summed E-state index contributed by atoms with van der Waals surface area (Å²) in [6.07, 6.45) is 3.72. The van der Waals surface area contributed by atoms with Gasteiger partial charge in [0.1, 0.15) is 18.5 Å². The zero-order chi connectivity index (χ0) is 14.5. The maximum absolute atomic E-state index is 10.1. The minimum absolute atomic E-state index is 0.307. The maximum atomic E-state index is 10.1. The van der Waals surface area contributed by atoms with Crippen molar-refractivity contribution in [2.45, 2.75) is 18.9 Å². The van der Waals surface area contributed by atoms with Crippen LogP contribution in [0.3, 0.4) is 0 Å². The number of aliphatic hydroxyl groups excluding tert-OH is 1. The predicted molar refractivity (Wildman–Crippen MR) is 81.2 cm³/mol. The molecule has 2 N–H and O–H groups in total. The number of aliphatic hydroxyl groups is 1. The van der Waals surface area contributed by atoms with Crippen LogP contribution >= 0.6 is 0 Å². The van der Waals surface area contributed by atoms with Crippen molar-refractivity contribution in [3.63, 3.8) is 0 Å². The Balaban J connectivity index is 1.60. The van der Waals surface area contributed by atoms with Crippen LogP contribution < -0.4 is 4.74 Å². The molecule has 1 aromatic heterocycles. The summed E-state index contributed by atoms with van der Waals surface area (Å²) < 4.78 is 5.81. The third-order valence-electron chi connectivity index (χ3n) is 3.78. The van der Waals surface area contributed by atoms with Gasteiger partial charge in [-0.25, -0.2) is 0 Å². The van der Waals surface area contributed by atoms with Crippen molar-refractivity contribution in [3.8, 4) is 17.0 Å². The van der Waals surface area contributed by atoms with E-state index in [1.165, 1.54) is 12.8 Å². The number of nitrogens with zero attached hydrogens (tertiary/aromatic N) is 2. The number of rotatable bonds is 6. The van der Waals surface area contributed by atoms with Gasteiger partial charge in [-0.3, -0.25) is 5.10 Å². The fourth-order valence-corrected chi connectivity index (χ4v) is 2.72. The van der Waals surface area contributed by atoms with Gasteiger partial charge in [0.05, 0.1) is 5.69 Å². The molecule has 0 unspecified atom stereocenters. The molecular weight excluding hydrogens is 266 g/mol. The van der Waals surface area contributed by atoms with Gasteiger partial charge in [0.15, 0.2) is 0 Å². The van der Waals surface area contributed by atoms with E-state index in [2.05, 4.69) is 15.1 Å². The molecule has 1 atom stereocenters. The van der Waals surface area contributed by atoms with E-state index in [1.54, 1.807) is 6.20 Å². The van der Waals surface area contributed by atoms with Crippen LogP contribution in [-0.4, -0.2) is 52.5 Å². The number of hydrogen-bond acceptors (Lipinski definition) is 4. The minimum Gasteiger partial charge on any atom is -0.490 e. The van der Waals surface area contributed by atoms with E-state index in [4.69, 9.17) is 4.74 Å². The van der Waals surface area contributed by atoms with E-state index in [1.807, 2.05) is 30.3 Å². The quantitative estimate of drug-likeness (QED) is 0.852. The van der Waals surface area contributed by atoms with Gasteiger partial charge in [-0.15, -0.1) is 0 Å². The van der Waals surface area contributed by atoms with Crippen LogP contribution in [0.25, 0.3) is 11.3 Å². The molecule has 1 aliphatic heterocycles. The number of H-pyrrole nitrogens is 1. The Morgan fingerprint density at radius 2 is 2.05 bits per heavy atom. The Bertz CT molecular complexity index is 550. The van der Waals surface area contributed by atoms with Crippen LogP contribution in [0, 0.1) is 0 Å². The summed E-state index contributed by atoms with van der Waals surface area (Å²) in [7, 11) is 0. The Morgan fingerprint density at radius 1 is 1.24 bits per heavy atom. The number of likely N-dealkylation sites (tertiary alicyclic amines) is 1. The van der Waals surface area contributed by atoms with Crippen LogP contribution in [-0.2, 0) is 0 Å². The number of para-hydroxylation sites is 1. The second-order valence-electron chi connectivity index (χ2n) is 5.44. The van der Waals surface area contributed by atoms with Gasteiger partial charge in [0.25, 0.3) is 0 Å². The molecule has 0 saturated carbocycles. The van der Waals surface area contributed by atoms with Gasteiger partial charge in [0, 0.05) is 18.3 Å². The predicted octanol–water partition coefficient (Wildman–Crippen LogP) is 1.91. The third-order valence-corrected chi connectivity index (χ3v) is 3.78. The number of benzene rings is 1. The smallest absolute Gasteiger partial charge is 0.128 e. The summed E-state index contributed by atoms with van der Waals surface area (Å²) in [4.78, 5) is 2.29. The second-order valence-corrected chi connectivity index (χ2v) is 5.44. The summed E-state index contributed by atoms with van der Waals surface area (Å²) in [5, 5.41) is 17.0. The molecule has 0 aliphatic carbocycles. The number of aromatic nitrogens is 2. The first-order chi connectivity index (χ1) is 10.3. The Labute approximate surface area is 124 Å². The van der Waals surface area contributed by atoms with Gasteiger partial charge >= 0.3 is 0 Å². The van der Waals surface area contributed by atoms with Crippen LogP contribution in [0.4, 0.5) is 0 Å². The lowest BCUT2D eigenvalue weighted by molar-refractivity contribution is 0.0760. The van der Waals surface area contributed by atoms with Crippen LogP contribution in [0.2, 0.25) is 0 Å². The highest BCUT2D eigenvalue weighted by Gasteiger charge is 2.16. The number of hydrogen-bond donors (Lipinski definition) is 2. The van der Waals surface area contributed by atoms with Crippen molar-refractivity contribution in [3.05, 3.63) is 36.5 Å². The summed E-state index contributed by atoms with van der Waals surface area (Å²) >= 11 is 0. The van der Waals surface area contributed by atoms with E-state index in [0.717, 1.165) is 30.1 Å². The first kappa shape index (κ1) is 14.1. The van der Waals surface area contributed by atoms with Crippen LogP contribution in [0.5, 0.6) is 5.75 Å². The molecule has 1 aromatic carbocycles. The van der Waals surface area contributed by atoms with Crippen molar-refractivity contribution >= 4 is 0 Å².